The Morgan fingerprint density at radius 2 is 1.84 bits per heavy atom. The molecule has 0 aliphatic heterocycles. The second kappa shape index (κ2) is 4.44. The lowest BCUT2D eigenvalue weighted by Gasteiger charge is -1.98. The average Bonchev–Trinajstić information content (AvgIpc) is 2.77. The van der Waals surface area contributed by atoms with Crippen LogP contribution >= 0.6 is 11.6 Å². The van der Waals surface area contributed by atoms with Crippen LogP contribution in [0.15, 0.2) is 48.5 Å². The smallest absolute Gasteiger partial charge is 0.122 e. The van der Waals surface area contributed by atoms with Crippen molar-refractivity contribution < 1.29 is 0 Å². The van der Waals surface area contributed by atoms with E-state index in [4.69, 9.17) is 22.7 Å². The number of benzene rings is 2. The quantitative estimate of drug-likeness (QED) is 0.481. The fraction of sp³-hybridized carbons (Fsp3) is 0. The predicted molar refractivity (Wildman–Crippen MR) is 79.8 cm³/mol. The number of halogens is 1. The third-order valence-electron chi connectivity index (χ3n) is 3.11. The van der Waals surface area contributed by atoms with Crippen LogP contribution in [-0.2, 0) is 0 Å². The van der Waals surface area contributed by atoms with Gasteiger partial charge in [-0.15, -0.1) is 0 Å². The van der Waals surface area contributed by atoms with Gasteiger partial charge in [0, 0.05) is 16.5 Å². The van der Waals surface area contributed by atoms with Gasteiger partial charge in [-0.1, -0.05) is 41.9 Å². The molecular formula is C15H12ClN3. The van der Waals surface area contributed by atoms with E-state index in [1.54, 1.807) is 0 Å². The first kappa shape index (κ1) is 11.8. The van der Waals surface area contributed by atoms with E-state index in [1.165, 1.54) is 0 Å². The monoisotopic (exact) mass is 269 g/mol. The summed E-state index contributed by atoms with van der Waals surface area (Å²) in [6, 6.07) is 15.5. The molecular weight excluding hydrogens is 258 g/mol. The first-order valence-corrected chi connectivity index (χ1v) is 6.25. The van der Waals surface area contributed by atoms with Gasteiger partial charge in [0.05, 0.1) is 10.7 Å². The number of fused-ring (bicyclic) bond motifs is 1. The average molecular weight is 270 g/mol. The molecule has 0 saturated carbocycles. The van der Waals surface area contributed by atoms with E-state index >= 15 is 0 Å². The number of aromatic amines is 1. The van der Waals surface area contributed by atoms with E-state index in [1.807, 2.05) is 48.5 Å². The number of aromatic nitrogens is 1. The van der Waals surface area contributed by atoms with Crippen LogP contribution in [0.5, 0.6) is 0 Å². The first-order valence-electron chi connectivity index (χ1n) is 5.88. The molecule has 0 amide bonds. The highest BCUT2D eigenvalue weighted by molar-refractivity contribution is 6.38. The fourth-order valence-corrected chi connectivity index (χ4v) is 2.44. The second-order valence-electron chi connectivity index (χ2n) is 4.35. The van der Waals surface area contributed by atoms with Gasteiger partial charge >= 0.3 is 0 Å². The summed E-state index contributed by atoms with van der Waals surface area (Å²) >= 11 is 6.43. The van der Waals surface area contributed by atoms with Crippen molar-refractivity contribution in [1.29, 1.82) is 5.41 Å². The maximum atomic E-state index is 7.48. The maximum Gasteiger partial charge on any atom is 0.122 e. The van der Waals surface area contributed by atoms with E-state index in [-0.39, 0.29) is 5.84 Å². The van der Waals surface area contributed by atoms with Crippen LogP contribution in [0.25, 0.3) is 22.2 Å². The Labute approximate surface area is 115 Å². The Kier molecular flexibility index (Phi) is 2.76. The predicted octanol–water partition coefficient (Wildman–Crippen LogP) is 3.77. The van der Waals surface area contributed by atoms with Gasteiger partial charge in [-0.05, 0) is 23.8 Å². The molecule has 0 spiro atoms. The minimum Gasteiger partial charge on any atom is -0.384 e. The van der Waals surface area contributed by atoms with Crippen molar-refractivity contribution in [2.24, 2.45) is 5.73 Å². The number of amidine groups is 1. The molecule has 0 radical (unpaired) electrons. The standard InChI is InChI=1S/C15H12ClN3/c16-13-11-8-10(15(17)18)6-7-12(11)19-14(13)9-4-2-1-3-5-9/h1-8,19H,(H3,17,18). The van der Waals surface area contributed by atoms with Gasteiger partial charge in [0.25, 0.3) is 0 Å². The molecule has 1 aromatic heterocycles. The molecule has 0 aliphatic rings. The molecule has 3 nitrogen and oxygen atoms in total. The molecule has 4 heteroatoms. The highest BCUT2D eigenvalue weighted by Gasteiger charge is 2.12. The summed E-state index contributed by atoms with van der Waals surface area (Å²) in [5, 5.41) is 9.02. The van der Waals surface area contributed by atoms with E-state index in [0.29, 0.717) is 10.6 Å². The molecule has 4 N–H and O–H groups in total. The number of nitrogens with one attached hydrogen (secondary N) is 2. The molecule has 2 aromatic carbocycles. The molecule has 3 rings (SSSR count). The summed E-state index contributed by atoms with van der Waals surface area (Å²) in [6.07, 6.45) is 0. The topological polar surface area (TPSA) is 65.7 Å². The zero-order valence-corrected chi connectivity index (χ0v) is 10.8. The summed E-state index contributed by atoms with van der Waals surface area (Å²) in [5.41, 5.74) is 9.04. The van der Waals surface area contributed by atoms with Crippen LogP contribution in [0.4, 0.5) is 0 Å². The minimum absolute atomic E-state index is 0.0421. The number of H-pyrrole nitrogens is 1. The lowest BCUT2D eigenvalue weighted by molar-refractivity contribution is 1.42. The first-order chi connectivity index (χ1) is 9.16. The van der Waals surface area contributed by atoms with Gasteiger partial charge in [-0.25, -0.2) is 0 Å². The Morgan fingerprint density at radius 1 is 1.11 bits per heavy atom. The third-order valence-corrected chi connectivity index (χ3v) is 3.50. The zero-order valence-electron chi connectivity index (χ0n) is 10.1. The number of hydrogen-bond acceptors (Lipinski definition) is 1. The van der Waals surface area contributed by atoms with Crippen molar-refractivity contribution >= 4 is 28.3 Å². The van der Waals surface area contributed by atoms with E-state index in [0.717, 1.165) is 22.2 Å². The van der Waals surface area contributed by atoms with Crippen molar-refractivity contribution in [2.75, 3.05) is 0 Å². The molecule has 0 fully saturated rings. The second-order valence-corrected chi connectivity index (χ2v) is 4.73. The summed E-state index contributed by atoms with van der Waals surface area (Å²) in [7, 11) is 0. The molecule has 0 aliphatic carbocycles. The lowest BCUT2D eigenvalue weighted by Crippen LogP contribution is -2.10. The number of nitrogens with two attached hydrogens (primary N) is 1. The summed E-state index contributed by atoms with van der Waals surface area (Å²) < 4.78 is 0. The minimum atomic E-state index is 0.0421. The van der Waals surface area contributed by atoms with Crippen LogP contribution in [-0.4, -0.2) is 10.8 Å². The van der Waals surface area contributed by atoms with Gasteiger partial charge in [-0.3, -0.25) is 5.41 Å². The Bertz CT molecular complexity index is 760. The molecule has 3 aromatic rings. The van der Waals surface area contributed by atoms with Gasteiger partial charge in [0.2, 0.25) is 0 Å². The highest BCUT2D eigenvalue weighted by Crippen LogP contribution is 2.34. The Morgan fingerprint density at radius 3 is 2.53 bits per heavy atom. The lowest BCUT2D eigenvalue weighted by atomic mass is 10.1. The van der Waals surface area contributed by atoms with E-state index < -0.39 is 0 Å². The SMILES string of the molecule is N=C(N)c1ccc2[nH]c(-c3ccccc3)c(Cl)c2c1. The molecule has 0 saturated heterocycles. The zero-order chi connectivity index (χ0) is 13.4. The van der Waals surface area contributed by atoms with Gasteiger partial charge in [0.15, 0.2) is 0 Å². The van der Waals surface area contributed by atoms with Crippen molar-refractivity contribution in [1.82, 2.24) is 4.98 Å². The Hall–Kier alpha value is -2.26. The van der Waals surface area contributed by atoms with Gasteiger partial charge < -0.3 is 10.7 Å². The molecule has 0 bridgehead atoms. The van der Waals surface area contributed by atoms with Crippen molar-refractivity contribution in [3.63, 3.8) is 0 Å². The maximum absolute atomic E-state index is 7.48. The molecule has 0 atom stereocenters. The van der Waals surface area contributed by atoms with Crippen LogP contribution in [0.2, 0.25) is 5.02 Å². The molecule has 94 valence electrons. The normalized spacial score (nSPS) is 10.8. The third kappa shape index (κ3) is 1.98. The highest BCUT2D eigenvalue weighted by atomic mass is 35.5. The number of nitrogen functional groups attached to an aromatic ring is 1. The fourth-order valence-electron chi connectivity index (χ4n) is 2.13. The largest absolute Gasteiger partial charge is 0.384 e. The van der Waals surface area contributed by atoms with Crippen molar-refractivity contribution in [3.8, 4) is 11.3 Å². The summed E-state index contributed by atoms with van der Waals surface area (Å²) in [6.45, 7) is 0. The van der Waals surface area contributed by atoms with Gasteiger partial charge in [-0.2, -0.15) is 0 Å². The summed E-state index contributed by atoms with van der Waals surface area (Å²) in [5.74, 6) is 0.0421. The molecule has 1 heterocycles. The van der Waals surface area contributed by atoms with Crippen molar-refractivity contribution in [3.05, 3.63) is 59.1 Å². The van der Waals surface area contributed by atoms with Gasteiger partial charge in [0.1, 0.15) is 5.84 Å². The van der Waals surface area contributed by atoms with Crippen LogP contribution in [0, 0.1) is 5.41 Å². The Balaban J connectivity index is 2.24. The number of hydrogen-bond donors (Lipinski definition) is 3. The molecule has 0 unspecified atom stereocenters. The summed E-state index contributed by atoms with van der Waals surface area (Å²) in [4.78, 5) is 3.30. The number of rotatable bonds is 2. The van der Waals surface area contributed by atoms with Crippen LogP contribution in [0.3, 0.4) is 0 Å². The van der Waals surface area contributed by atoms with E-state index in [9.17, 15) is 0 Å². The van der Waals surface area contributed by atoms with Crippen LogP contribution < -0.4 is 5.73 Å². The van der Waals surface area contributed by atoms with Crippen molar-refractivity contribution in [2.45, 2.75) is 0 Å². The van der Waals surface area contributed by atoms with Crippen LogP contribution in [0.1, 0.15) is 5.56 Å². The van der Waals surface area contributed by atoms with E-state index in [2.05, 4.69) is 4.98 Å². The molecule has 19 heavy (non-hydrogen) atoms.